The Hall–Kier alpha value is -0.320. The lowest BCUT2D eigenvalue weighted by Crippen LogP contribution is -2.50. The largest absolute Gasteiger partial charge is 0.330 e. The van der Waals surface area contributed by atoms with Gasteiger partial charge in [-0.2, -0.15) is 0 Å². The predicted octanol–water partition coefficient (Wildman–Crippen LogP) is -0.587. The fraction of sp³-hybridized carbons (Fsp3) is 1.00. The Kier molecular flexibility index (Phi) is 19.4. The van der Waals surface area contributed by atoms with Gasteiger partial charge in [0.2, 0.25) is 0 Å². The van der Waals surface area contributed by atoms with Crippen LogP contribution in [0, 0.1) is 0 Å². The van der Waals surface area contributed by atoms with Gasteiger partial charge in [0.1, 0.15) is 0 Å². The minimum absolute atomic E-state index is 0.463. The molecule has 8 nitrogen and oxygen atoms in total. The van der Waals surface area contributed by atoms with Crippen molar-refractivity contribution in [2.24, 2.45) is 28.7 Å². The van der Waals surface area contributed by atoms with Crippen molar-refractivity contribution in [2.45, 2.75) is 58.0 Å². The van der Waals surface area contributed by atoms with E-state index in [9.17, 15) is 0 Å². The third kappa shape index (κ3) is 14.3. The summed E-state index contributed by atoms with van der Waals surface area (Å²) in [6, 6.07) is 0.931. The Morgan fingerprint density at radius 1 is 0.483 bits per heavy atom. The Labute approximate surface area is 180 Å². The quantitative estimate of drug-likeness (QED) is 0.167. The van der Waals surface area contributed by atoms with Crippen molar-refractivity contribution in [2.75, 3.05) is 78.5 Å². The van der Waals surface area contributed by atoms with Crippen LogP contribution in [-0.4, -0.2) is 105 Å². The molecule has 0 aromatic heterocycles. The lowest BCUT2D eigenvalue weighted by atomic mass is 10.1. The summed E-state index contributed by atoms with van der Waals surface area (Å²) < 4.78 is 0. The molecule has 0 aromatic carbocycles. The molecule has 0 rings (SSSR count). The van der Waals surface area contributed by atoms with Gasteiger partial charge in [-0.1, -0.05) is 0 Å². The fourth-order valence-corrected chi connectivity index (χ4v) is 3.80. The van der Waals surface area contributed by atoms with Crippen LogP contribution in [0.15, 0.2) is 0 Å². The highest BCUT2D eigenvalue weighted by atomic mass is 15.3. The van der Waals surface area contributed by atoms with Gasteiger partial charge in [0.15, 0.2) is 0 Å². The number of rotatable bonds is 21. The molecule has 2 atom stereocenters. The summed E-state index contributed by atoms with van der Waals surface area (Å²) in [5.74, 6) is 0. The topological polar surface area (TPSA) is 140 Å². The molecule has 8 heteroatoms. The highest BCUT2D eigenvalue weighted by Crippen LogP contribution is 2.10. The molecule has 0 fully saturated rings. The fourth-order valence-electron chi connectivity index (χ4n) is 3.80. The van der Waals surface area contributed by atoms with Gasteiger partial charge < -0.3 is 33.6 Å². The van der Waals surface area contributed by atoms with E-state index < -0.39 is 0 Å². The molecule has 0 radical (unpaired) electrons. The molecular weight excluding hydrogens is 364 g/mol. The van der Waals surface area contributed by atoms with Crippen molar-refractivity contribution in [1.29, 1.82) is 0 Å². The van der Waals surface area contributed by atoms with Crippen molar-refractivity contribution in [1.82, 2.24) is 14.7 Å². The normalized spacial score (nSPS) is 14.3. The molecule has 0 aliphatic heterocycles. The van der Waals surface area contributed by atoms with E-state index in [1.54, 1.807) is 0 Å². The molecule has 0 saturated heterocycles. The number of nitrogens with zero attached hydrogens (tertiary/aromatic N) is 3. The van der Waals surface area contributed by atoms with Crippen LogP contribution in [-0.2, 0) is 0 Å². The molecule has 0 aromatic rings. The first-order valence-corrected chi connectivity index (χ1v) is 11.7. The van der Waals surface area contributed by atoms with E-state index in [-0.39, 0.29) is 0 Å². The third-order valence-electron chi connectivity index (χ3n) is 5.57. The lowest BCUT2D eigenvalue weighted by molar-refractivity contribution is 0.0992. The monoisotopic (exact) mass is 416 g/mol. The predicted molar refractivity (Wildman–Crippen MR) is 127 cm³/mol. The standard InChI is InChI=1S/C21H52N8/c1-20(18-27(13-3-8-22)14-4-9-23)29(17-7-12-26)19-21(2)28(15-5-10-24)16-6-11-25/h20-21H,3-19,22-26H2,1-2H3. The van der Waals surface area contributed by atoms with E-state index >= 15 is 0 Å². The van der Waals surface area contributed by atoms with Gasteiger partial charge >= 0.3 is 0 Å². The van der Waals surface area contributed by atoms with Gasteiger partial charge in [-0.25, -0.2) is 0 Å². The lowest BCUT2D eigenvalue weighted by Gasteiger charge is -2.38. The van der Waals surface area contributed by atoms with Crippen LogP contribution in [0.1, 0.15) is 46.0 Å². The van der Waals surface area contributed by atoms with E-state index in [2.05, 4.69) is 28.5 Å². The zero-order valence-electron chi connectivity index (χ0n) is 19.4. The van der Waals surface area contributed by atoms with Crippen LogP contribution in [0.3, 0.4) is 0 Å². The first-order valence-electron chi connectivity index (χ1n) is 11.7. The Balaban J connectivity index is 4.97. The Morgan fingerprint density at radius 3 is 1.24 bits per heavy atom. The molecule has 0 aliphatic rings. The molecule has 0 amide bonds. The van der Waals surface area contributed by atoms with Crippen LogP contribution in [0.4, 0.5) is 0 Å². The molecule has 0 spiro atoms. The summed E-state index contributed by atoms with van der Waals surface area (Å²) in [7, 11) is 0. The van der Waals surface area contributed by atoms with Crippen molar-refractivity contribution in [3.8, 4) is 0 Å². The van der Waals surface area contributed by atoms with Gasteiger partial charge in [-0.05, 0) is 111 Å². The molecule has 176 valence electrons. The second-order valence-electron chi connectivity index (χ2n) is 8.24. The number of nitrogens with two attached hydrogens (primary N) is 5. The van der Waals surface area contributed by atoms with Crippen molar-refractivity contribution in [3.05, 3.63) is 0 Å². The first-order chi connectivity index (χ1) is 14.0. The summed E-state index contributed by atoms with van der Waals surface area (Å²) in [5.41, 5.74) is 28.8. The highest BCUT2D eigenvalue weighted by molar-refractivity contribution is 4.79. The van der Waals surface area contributed by atoms with E-state index in [1.807, 2.05) is 0 Å². The summed E-state index contributed by atoms with van der Waals surface area (Å²) in [4.78, 5) is 7.67. The minimum atomic E-state index is 0.463. The maximum atomic E-state index is 5.83. The average molecular weight is 417 g/mol. The summed E-state index contributed by atoms with van der Waals surface area (Å²) in [6.45, 7) is 15.6. The van der Waals surface area contributed by atoms with Crippen molar-refractivity contribution < 1.29 is 0 Å². The van der Waals surface area contributed by atoms with Gasteiger partial charge in [0, 0.05) is 25.2 Å². The van der Waals surface area contributed by atoms with E-state index in [4.69, 9.17) is 28.7 Å². The molecule has 29 heavy (non-hydrogen) atoms. The second kappa shape index (κ2) is 19.6. The summed E-state index contributed by atoms with van der Waals surface area (Å²) >= 11 is 0. The van der Waals surface area contributed by atoms with Crippen LogP contribution >= 0.6 is 0 Å². The van der Waals surface area contributed by atoms with Crippen molar-refractivity contribution >= 4 is 0 Å². The van der Waals surface area contributed by atoms with Crippen LogP contribution in [0.25, 0.3) is 0 Å². The van der Waals surface area contributed by atoms with Crippen LogP contribution < -0.4 is 28.7 Å². The maximum absolute atomic E-state index is 5.83. The molecule has 0 saturated carbocycles. The van der Waals surface area contributed by atoms with E-state index in [0.29, 0.717) is 12.1 Å². The zero-order valence-corrected chi connectivity index (χ0v) is 19.4. The molecule has 10 N–H and O–H groups in total. The Morgan fingerprint density at radius 2 is 0.828 bits per heavy atom. The van der Waals surface area contributed by atoms with E-state index in [0.717, 1.165) is 111 Å². The summed E-state index contributed by atoms with van der Waals surface area (Å²) in [5, 5.41) is 0. The van der Waals surface area contributed by atoms with Gasteiger partial charge in [-0.3, -0.25) is 9.80 Å². The van der Waals surface area contributed by atoms with Gasteiger partial charge in [-0.15, -0.1) is 0 Å². The zero-order chi connectivity index (χ0) is 21.9. The molecule has 0 aliphatic carbocycles. The average Bonchev–Trinajstić information content (AvgIpc) is 2.72. The van der Waals surface area contributed by atoms with E-state index in [1.165, 1.54) is 0 Å². The number of hydrogen-bond acceptors (Lipinski definition) is 8. The molecule has 0 heterocycles. The molecule has 2 unspecified atom stereocenters. The third-order valence-corrected chi connectivity index (χ3v) is 5.57. The highest BCUT2D eigenvalue weighted by Gasteiger charge is 2.22. The number of hydrogen-bond donors (Lipinski definition) is 5. The SMILES string of the molecule is CC(CN(CCCN)C(C)CN(CCCN)CCCN)N(CCCN)CCCN. The maximum Gasteiger partial charge on any atom is 0.0195 e. The second-order valence-corrected chi connectivity index (χ2v) is 8.24. The van der Waals surface area contributed by atoms with Gasteiger partial charge in [0.05, 0.1) is 0 Å². The smallest absolute Gasteiger partial charge is 0.0195 e. The first kappa shape index (κ1) is 28.7. The minimum Gasteiger partial charge on any atom is -0.330 e. The Bertz CT molecular complexity index is 329. The van der Waals surface area contributed by atoms with Crippen LogP contribution in [0.2, 0.25) is 0 Å². The van der Waals surface area contributed by atoms with Gasteiger partial charge in [0.25, 0.3) is 0 Å². The molecular formula is C21H52N8. The molecule has 0 bridgehead atoms. The summed E-state index contributed by atoms with van der Waals surface area (Å²) in [6.07, 6.45) is 5.14. The van der Waals surface area contributed by atoms with Crippen LogP contribution in [0.5, 0.6) is 0 Å². The van der Waals surface area contributed by atoms with Crippen molar-refractivity contribution in [3.63, 3.8) is 0 Å².